The molecular weight excluding hydrogens is 308 g/mol. The number of amides is 1. The fourth-order valence-electron chi connectivity index (χ4n) is 1.78. The van der Waals surface area contributed by atoms with Gasteiger partial charge in [0.2, 0.25) is 0 Å². The number of halogens is 1. The van der Waals surface area contributed by atoms with Gasteiger partial charge in [0.05, 0.1) is 17.4 Å². The van der Waals surface area contributed by atoms with Crippen molar-refractivity contribution in [2.45, 2.75) is 19.9 Å². The van der Waals surface area contributed by atoms with E-state index in [9.17, 15) is 4.79 Å². The molecule has 1 aromatic carbocycles. The summed E-state index contributed by atoms with van der Waals surface area (Å²) in [5.41, 5.74) is 8.10. The average Bonchev–Trinajstić information content (AvgIpc) is 2.70. The average molecular weight is 323 g/mol. The summed E-state index contributed by atoms with van der Waals surface area (Å²) in [5, 5.41) is 9.48. The number of nitrogen functional groups attached to an aromatic ring is 1. The first-order valence-corrected chi connectivity index (χ1v) is 6.65. The van der Waals surface area contributed by atoms with Gasteiger partial charge in [-0.25, -0.2) is 0 Å². The Morgan fingerprint density at radius 2 is 2.16 bits per heavy atom. The van der Waals surface area contributed by atoms with Crippen LogP contribution in [0.25, 0.3) is 0 Å². The normalized spacial score (nSPS) is 12.2. The van der Waals surface area contributed by atoms with E-state index in [1.807, 2.05) is 31.2 Å². The lowest BCUT2D eigenvalue weighted by molar-refractivity contribution is 0.0935. The molecule has 0 saturated heterocycles. The minimum Gasteiger partial charge on any atom is -0.395 e. The number of aromatic nitrogens is 2. The van der Waals surface area contributed by atoms with Crippen LogP contribution in [0.4, 0.5) is 5.69 Å². The lowest BCUT2D eigenvalue weighted by atomic mass is 10.1. The largest absolute Gasteiger partial charge is 0.395 e. The van der Waals surface area contributed by atoms with Gasteiger partial charge in [-0.3, -0.25) is 9.89 Å². The molecule has 1 unspecified atom stereocenters. The first-order chi connectivity index (χ1) is 9.00. The van der Waals surface area contributed by atoms with Crippen LogP contribution in [0.15, 0.2) is 28.7 Å². The topological polar surface area (TPSA) is 83.8 Å². The molecular formula is C13H15BrN4O. The van der Waals surface area contributed by atoms with Gasteiger partial charge in [0.1, 0.15) is 0 Å². The molecule has 0 radical (unpaired) electrons. The monoisotopic (exact) mass is 322 g/mol. The molecule has 2 aromatic rings. The lowest BCUT2D eigenvalue weighted by Crippen LogP contribution is -2.27. The van der Waals surface area contributed by atoms with Crippen LogP contribution in [-0.4, -0.2) is 16.1 Å². The summed E-state index contributed by atoms with van der Waals surface area (Å²) in [7, 11) is 0. The van der Waals surface area contributed by atoms with Gasteiger partial charge >= 0.3 is 0 Å². The second kappa shape index (κ2) is 5.44. The molecule has 0 fully saturated rings. The number of nitrogens with two attached hydrogens (primary N) is 1. The molecule has 4 N–H and O–H groups in total. The second-order valence-corrected chi connectivity index (χ2v) is 5.18. The predicted molar refractivity (Wildman–Crippen MR) is 77.8 cm³/mol. The molecule has 0 bridgehead atoms. The Morgan fingerprint density at radius 1 is 1.47 bits per heavy atom. The number of carbonyl (C=O) groups is 1. The summed E-state index contributed by atoms with van der Waals surface area (Å²) in [6, 6.07) is 7.60. The minimum atomic E-state index is -0.287. The highest BCUT2D eigenvalue weighted by molar-refractivity contribution is 9.10. The van der Waals surface area contributed by atoms with Crippen molar-refractivity contribution >= 4 is 27.5 Å². The van der Waals surface area contributed by atoms with Crippen LogP contribution in [0, 0.1) is 6.92 Å². The first kappa shape index (κ1) is 13.6. The lowest BCUT2D eigenvalue weighted by Gasteiger charge is -2.15. The maximum absolute atomic E-state index is 12.1. The molecule has 1 atom stereocenters. The fourth-order valence-corrected chi connectivity index (χ4v) is 2.41. The summed E-state index contributed by atoms with van der Waals surface area (Å²) in [4.78, 5) is 12.1. The number of nitrogens with zero attached hydrogens (tertiary/aromatic N) is 1. The Kier molecular flexibility index (Phi) is 3.90. The molecule has 0 aliphatic heterocycles. The highest BCUT2D eigenvalue weighted by Crippen LogP contribution is 2.23. The second-order valence-electron chi connectivity index (χ2n) is 4.33. The maximum atomic E-state index is 12.1. The molecule has 6 heteroatoms. The van der Waals surface area contributed by atoms with Gasteiger partial charge in [-0.05, 0) is 25.5 Å². The number of aryl methyl sites for hydroxylation is 1. The predicted octanol–water partition coefficient (Wildman–Crippen LogP) is 2.55. The molecule has 5 nitrogen and oxygen atoms in total. The quantitative estimate of drug-likeness (QED) is 0.812. The highest BCUT2D eigenvalue weighted by atomic mass is 79.9. The number of benzene rings is 1. The van der Waals surface area contributed by atoms with E-state index in [0.717, 1.165) is 10.0 Å². The van der Waals surface area contributed by atoms with Gasteiger partial charge in [-0.15, -0.1) is 0 Å². The van der Waals surface area contributed by atoms with E-state index < -0.39 is 0 Å². The Bertz CT molecular complexity index is 608. The Labute approximate surface area is 119 Å². The third kappa shape index (κ3) is 2.78. The van der Waals surface area contributed by atoms with E-state index in [2.05, 4.69) is 31.4 Å². The van der Waals surface area contributed by atoms with Gasteiger partial charge < -0.3 is 11.1 Å². The molecule has 0 saturated carbocycles. The summed E-state index contributed by atoms with van der Waals surface area (Å²) in [6.07, 6.45) is 0. The number of nitrogens with one attached hydrogen (secondary N) is 2. The van der Waals surface area contributed by atoms with Gasteiger partial charge in [0, 0.05) is 4.47 Å². The molecule has 1 amide bonds. The van der Waals surface area contributed by atoms with E-state index >= 15 is 0 Å². The van der Waals surface area contributed by atoms with Crippen molar-refractivity contribution in [3.05, 3.63) is 45.7 Å². The van der Waals surface area contributed by atoms with Gasteiger partial charge in [-0.1, -0.05) is 34.1 Å². The zero-order valence-corrected chi connectivity index (χ0v) is 12.3. The van der Waals surface area contributed by atoms with Crippen molar-refractivity contribution < 1.29 is 4.79 Å². The number of rotatable bonds is 3. The molecule has 19 heavy (non-hydrogen) atoms. The third-order valence-electron chi connectivity index (χ3n) is 2.93. The zero-order valence-electron chi connectivity index (χ0n) is 10.7. The third-order valence-corrected chi connectivity index (χ3v) is 3.65. The number of hydrogen-bond acceptors (Lipinski definition) is 3. The van der Waals surface area contributed by atoms with Gasteiger partial charge in [-0.2, -0.15) is 5.10 Å². The van der Waals surface area contributed by atoms with E-state index in [-0.39, 0.29) is 17.6 Å². The summed E-state index contributed by atoms with van der Waals surface area (Å²) >= 11 is 3.46. The van der Waals surface area contributed by atoms with Crippen LogP contribution in [0.1, 0.15) is 34.7 Å². The Balaban J connectivity index is 2.16. The summed E-state index contributed by atoms with van der Waals surface area (Å²) < 4.78 is 0.953. The van der Waals surface area contributed by atoms with Crippen LogP contribution in [0.2, 0.25) is 0 Å². The zero-order chi connectivity index (χ0) is 14.0. The fraction of sp³-hybridized carbons (Fsp3) is 0.231. The van der Waals surface area contributed by atoms with Crippen molar-refractivity contribution in [3.8, 4) is 0 Å². The molecule has 0 aliphatic carbocycles. The molecule has 0 aliphatic rings. The maximum Gasteiger partial charge on any atom is 0.274 e. The van der Waals surface area contributed by atoms with Crippen LogP contribution in [0.3, 0.4) is 0 Å². The van der Waals surface area contributed by atoms with Crippen molar-refractivity contribution in [2.24, 2.45) is 0 Å². The smallest absolute Gasteiger partial charge is 0.274 e. The number of anilines is 1. The van der Waals surface area contributed by atoms with Gasteiger partial charge in [0.15, 0.2) is 5.69 Å². The standard InChI is InChI=1S/C13H15BrN4O/c1-7(9-5-3-4-6-10(9)14)16-13(19)12-11(15)8(2)17-18-12/h3-7H,15H2,1-2H3,(H,16,19)(H,17,18). The molecule has 1 heterocycles. The van der Waals surface area contributed by atoms with Gasteiger partial charge in [0.25, 0.3) is 5.91 Å². The van der Waals surface area contributed by atoms with Crippen LogP contribution < -0.4 is 11.1 Å². The van der Waals surface area contributed by atoms with E-state index in [1.54, 1.807) is 6.92 Å². The van der Waals surface area contributed by atoms with Crippen LogP contribution in [-0.2, 0) is 0 Å². The minimum absolute atomic E-state index is 0.139. The summed E-state index contributed by atoms with van der Waals surface area (Å²) in [6.45, 7) is 3.68. The van der Waals surface area contributed by atoms with E-state index in [1.165, 1.54) is 0 Å². The summed E-state index contributed by atoms with van der Waals surface area (Å²) in [5.74, 6) is -0.287. The van der Waals surface area contributed by atoms with Crippen molar-refractivity contribution in [2.75, 3.05) is 5.73 Å². The van der Waals surface area contributed by atoms with Crippen LogP contribution >= 0.6 is 15.9 Å². The number of hydrogen-bond donors (Lipinski definition) is 3. The van der Waals surface area contributed by atoms with E-state index in [0.29, 0.717) is 11.4 Å². The number of aromatic amines is 1. The first-order valence-electron chi connectivity index (χ1n) is 5.86. The molecule has 100 valence electrons. The Morgan fingerprint density at radius 3 is 2.74 bits per heavy atom. The molecule has 1 aromatic heterocycles. The number of H-pyrrole nitrogens is 1. The molecule has 2 rings (SSSR count). The van der Waals surface area contributed by atoms with E-state index in [4.69, 9.17) is 5.73 Å². The van der Waals surface area contributed by atoms with Crippen LogP contribution in [0.5, 0.6) is 0 Å². The van der Waals surface area contributed by atoms with Crippen molar-refractivity contribution in [1.82, 2.24) is 15.5 Å². The van der Waals surface area contributed by atoms with Crippen molar-refractivity contribution in [1.29, 1.82) is 0 Å². The highest BCUT2D eigenvalue weighted by Gasteiger charge is 2.18. The number of carbonyl (C=O) groups excluding carboxylic acids is 1. The molecule has 0 spiro atoms. The van der Waals surface area contributed by atoms with Crippen molar-refractivity contribution in [3.63, 3.8) is 0 Å². The SMILES string of the molecule is Cc1[nH]nc(C(=O)NC(C)c2ccccc2Br)c1N. The Hall–Kier alpha value is -1.82.